The number of hydrogen-bond donors (Lipinski definition) is 1. The van der Waals surface area contributed by atoms with Gasteiger partial charge < -0.3 is 14.6 Å². The van der Waals surface area contributed by atoms with Gasteiger partial charge in [-0.3, -0.25) is 8.98 Å². The molecule has 0 spiro atoms. The zero-order chi connectivity index (χ0) is 27.5. The number of benzene rings is 2. The van der Waals surface area contributed by atoms with E-state index in [1.54, 1.807) is 37.3 Å². The van der Waals surface area contributed by atoms with E-state index in [1.807, 2.05) is 0 Å². The fourth-order valence-electron chi connectivity index (χ4n) is 3.87. The number of Topliss-reactive ketones (excluding diaryl/α,β-unsaturated/α-hetero) is 1. The summed E-state index contributed by atoms with van der Waals surface area (Å²) in [5, 5.41) is 11.3. The predicted molar refractivity (Wildman–Crippen MR) is 139 cm³/mol. The van der Waals surface area contributed by atoms with E-state index in [2.05, 4.69) is 4.98 Å². The van der Waals surface area contributed by atoms with Crippen LogP contribution in [0.15, 0.2) is 54.6 Å². The topological polar surface area (TPSA) is 112 Å². The number of aromatic nitrogens is 1. The molecule has 1 N–H and O–H groups in total. The number of halogens is 1. The fraction of sp³-hybridized carbons (Fsp3) is 0.357. The molecule has 1 aliphatic rings. The summed E-state index contributed by atoms with van der Waals surface area (Å²) in [6, 6.07) is 13.7. The fourth-order valence-corrected chi connectivity index (χ4v) is 4.21. The van der Waals surface area contributed by atoms with Crippen LogP contribution in [0.25, 0.3) is 11.3 Å². The highest BCUT2D eigenvalue weighted by Gasteiger charge is 2.28. The molecular formula is C28H30FNO7S. The normalized spacial score (nSPS) is 15.1. The van der Waals surface area contributed by atoms with Gasteiger partial charge in [-0.05, 0) is 74.7 Å². The van der Waals surface area contributed by atoms with Gasteiger partial charge in [0.15, 0.2) is 17.3 Å². The van der Waals surface area contributed by atoms with Crippen LogP contribution in [0.4, 0.5) is 4.39 Å². The summed E-state index contributed by atoms with van der Waals surface area (Å²) >= 11 is 0. The van der Waals surface area contributed by atoms with Gasteiger partial charge in [0.05, 0.1) is 37.5 Å². The smallest absolute Gasteiger partial charge is 0.264 e. The third-order valence-corrected chi connectivity index (χ3v) is 6.77. The molecule has 0 bridgehead atoms. The minimum absolute atomic E-state index is 0.0332. The molecule has 8 nitrogen and oxygen atoms in total. The molecule has 10 heteroatoms. The van der Waals surface area contributed by atoms with E-state index in [4.69, 9.17) is 13.7 Å². The Kier molecular flexibility index (Phi) is 8.15. The van der Waals surface area contributed by atoms with Crippen molar-refractivity contribution in [3.8, 4) is 22.8 Å². The average molecular weight is 544 g/mol. The Morgan fingerprint density at radius 3 is 2.45 bits per heavy atom. The first-order valence-electron chi connectivity index (χ1n) is 12.2. The lowest BCUT2D eigenvalue weighted by Gasteiger charge is -2.24. The highest BCUT2D eigenvalue weighted by Crippen LogP contribution is 2.35. The lowest BCUT2D eigenvalue weighted by molar-refractivity contribution is 0.0397. The maximum absolute atomic E-state index is 13.5. The molecule has 1 unspecified atom stereocenters. The summed E-state index contributed by atoms with van der Waals surface area (Å²) in [6.45, 7) is 1.28. The number of nitrogens with zero attached hydrogens (tertiary/aromatic N) is 1. The molecule has 1 aromatic heterocycles. The van der Waals surface area contributed by atoms with Crippen molar-refractivity contribution < 1.29 is 36.4 Å². The van der Waals surface area contributed by atoms with Gasteiger partial charge in [0.2, 0.25) is 0 Å². The van der Waals surface area contributed by atoms with Crippen LogP contribution >= 0.6 is 0 Å². The average Bonchev–Trinajstić information content (AvgIpc) is 3.70. The van der Waals surface area contributed by atoms with E-state index in [9.17, 15) is 22.7 Å². The van der Waals surface area contributed by atoms with Crippen LogP contribution in [0.3, 0.4) is 0 Å². The van der Waals surface area contributed by atoms with Crippen molar-refractivity contribution in [2.45, 2.75) is 50.9 Å². The second-order valence-corrected chi connectivity index (χ2v) is 11.2. The summed E-state index contributed by atoms with van der Waals surface area (Å²) in [5.74, 6) is 0.453. The van der Waals surface area contributed by atoms with E-state index >= 15 is 0 Å². The molecule has 38 heavy (non-hydrogen) atoms. The number of aliphatic hydroxyl groups is 1. The quantitative estimate of drug-likeness (QED) is 0.257. The van der Waals surface area contributed by atoms with Gasteiger partial charge in [-0.15, -0.1) is 0 Å². The Bertz CT molecular complexity index is 1420. The van der Waals surface area contributed by atoms with Gasteiger partial charge in [0.25, 0.3) is 10.1 Å². The molecular weight excluding hydrogens is 513 g/mol. The Morgan fingerprint density at radius 2 is 1.82 bits per heavy atom. The highest BCUT2D eigenvalue weighted by atomic mass is 32.2. The van der Waals surface area contributed by atoms with E-state index < -0.39 is 21.5 Å². The van der Waals surface area contributed by atoms with E-state index in [1.165, 1.54) is 31.4 Å². The number of methoxy groups -OCH3 is 1. The van der Waals surface area contributed by atoms with Gasteiger partial charge in [0.1, 0.15) is 11.4 Å². The first-order valence-corrected chi connectivity index (χ1v) is 14.0. The summed E-state index contributed by atoms with van der Waals surface area (Å²) in [7, 11) is -2.20. The van der Waals surface area contributed by atoms with Crippen molar-refractivity contribution in [3.63, 3.8) is 0 Å². The summed E-state index contributed by atoms with van der Waals surface area (Å²) in [5.41, 5.74) is 0.534. The molecule has 0 saturated heterocycles. The third-order valence-electron chi connectivity index (χ3n) is 6.22. The Hall–Kier alpha value is -3.34. The van der Waals surface area contributed by atoms with E-state index in [-0.39, 0.29) is 37.0 Å². The van der Waals surface area contributed by atoms with Crippen LogP contribution in [0.5, 0.6) is 11.5 Å². The molecule has 1 heterocycles. The number of carbonyl (C=O) groups excluding carboxylic acids is 1. The second kappa shape index (κ2) is 11.2. The molecule has 2 aromatic carbocycles. The SMILES string of the molecule is COc1cc(C(=O)CCC(C)(O)c2ccc(COS(C)(=O)=O)c(-c3ccc(F)cc3)n2)ccc1OC1CC1. The van der Waals surface area contributed by atoms with Gasteiger partial charge in [-0.2, -0.15) is 8.42 Å². The molecule has 1 saturated carbocycles. The monoisotopic (exact) mass is 543 g/mol. The molecule has 1 aliphatic carbocycles. The number of pyridine rings is 1. The predicted octanol–water partition coefficient (Wildman–Crippen LogP) is 4.78. The van der Waals surface area contributed by atoms with Crippen LogP contribution in [0.2, 0.25) is 0 Å². The minimum atomic E-state index is -3.71. The third kappa shape index (κ3) is 7.15. The number of ketones is 1. The van der Waals surface area contributed by atoms with Crippen molar-refractivity contribution in [2.24, 2.45) is 0 Å². The van der Waals surface area contributed by atoms with Crippen LogP contribution in [-0.4, -0.2) is 43.8 Å². The maximum Gasteiger partial charge on any atom is 0.264 e. The number of hydrogen-bond acceptors (Lipinski definition) is 8. The molecule has 1 fully saturated rings. The van der Waals surface area contributed by atoms with Crippen molar-refractivity contribution in [1.82, 2.24) is 4.98 Å². The zero-order valence-electron chi connectivity index (χ0n) is 21.4. The molecule has 0 amide bonds. The Labute approximate surface area is 221 Å². The standard InChI is InChI=1S/C28H30FNO7S/c1-28(32,15-14-23(31)19-6-12-24(25(16-19)35-2)37-22-10-11-22)26-13-7-20(17-36-38(3,33)34)27(30-26)18-4-8-21(29)9-5-18/h4-9,12-13,16,22,32H,10-11,14-15,17H2,1-3H3. The van der Waals surface area contributed by atoms with Crippen LogP contribution < -0.4 is 9.47 Å². The number of rotatable bonds is 12. The van der Waals surface area contributed by atoms with Crippen molar-refractivity contribution >= 4 is 15.9 Å². The minimum Gasteiger partial charge on any atom is -0.493 e. The molecule has 0 radical (unpaired) electrons. The zero-order valence-corrected chi connectivity index (χ0v) is 22.3. The highest BCUT2D eigenvalue weighted by molar-refractivity contribution is 7.85. The van der Waals surface area contributed by atoms with Crippen LogP contribution in [0, 0.1) is 5.82 Å². The maximum atomic E-state index is 13.5. The van der Waals surface area contributed by atoms with Crippen LogP contribution in [-0.2, 0) is 26.5 Å². The lowest BCUT2D eigenvalue weighted by Crippen LogP contribution is -2.24. The van der Waals surface area contributed by atoms with Crippen molar-refractivity contribution in [1.29, 1.82) is 0 Å². The first-order chi connectivity index (χ1) is 17.9. The Balaban J connectivity index is 1.53. The number of ether oxygens (including phenoxy) is 2. The van der Waals surface area contributed by atoms with Gasteiger partial charge in [0, 0.05) is 23.1 Å². The van der Waals surface area contributed by atoms with Gasteiger partial charge in [-0.25, -0.2) is 9.37 Å². The van der Waals surface area contributed by atoms with E-state index in [0.29, 0.717) is 33.9 Å². The second-order valence-electron chi connectivity index (χ2n) is 9.56. The summed E-state index contributed by atoms with van der Waals surface area (Å²) in [6.07, 6.45) is 3.24. The van der Waals surface area contributed by atoms with Crippen molar-refractivity contribution in [3.05, 3.63) is 77.2 Å². The Morgan fingerprint density at radius 1 is 1.11 bits per heavy atom. The van der Waals surface area contributed by atoms with Crippen LogP contribution in [0.1, 0.15) is 54.2 Å². The van der Waals surface area contributed by atoms with E-state index in [0.717, 1.165) is 19.1 Å². The first kappa shape index (κ1) is 27.7. The molecule has 1 atom stereocenters. The van der Waals surface area contributed by atoms with Gasteiger partial charge in [-0.1, -0.05) is 6.07 Å². The molecule has 202 valence electrons. The summed E-state index contributed by atoms with van der Waals surface area (Å²) < 4.78 is 52.7. The lowest BCUT2D eigenvalue weighted by atomic mass is 9.91. The number of carbonyl (C=O) groups is 1. The van der Waals surface area contributed by atoms with Gasteiger partial charge >= 0.3 is 0 Å². The largest absolute Gasteiger partial charge is 0.493 e. The molecule has 4 rings (SSSR count). The molecule has 0 aliphatic heterocycles. The van der Waals surface area contributed by atoms with Crippen molar-refractivity contribution in [2.75, 3.05) is 13.4 Å². The summed E-state index contributed by atoms with van der Waals surface area (Å²) in [4.78, 5) is 17.5. The molecule has 3 aromatic rings.